The van der Waals surface area contributed by atoms with E-state index in [1.165, 1.54) is 76.5 Å². The molecular weight excluding hydrogens is 641 g/mol. The van der Waals surface area contributed by atoms with Crippen LogP contribution in [0, 0.1) is 0 Å². The second-order valence-electron chi connectivity index (χ2n) is 14.0. The topological polar surface area (TPSA) is 13.1 Å². The summed E-state index contributed by atoms with van der Waals surface area (Å²) in [5.74, 6) is 0. The Labute approximate surface area is 307 Å². The highest BCUT2D eigenvalue weighted by Crippen LogP contribution is 2.45. The Kier molecular flexibility index (Phi) is 6.62. The van der Waals surface area contributed by atoms with Crippen LogP contribution in [0.15, 0.2) is 199 Å². The fraction of sp³-hybridized carbons (Fsp3) is 0. The maximum absolute atomic E-state index is 6.47. The average molecular weight is 673 g/mol. The van der Waals surface area contributed by atoms with E-state index >= 15 is 0 Å². The Morgan fingerprint density at radius 1 is 0.264 bits per heavy atom. The molecule has 0 aliphatic carbocycles. The van der Waals surface area contributed by atoms with Crippen molar-refractivity contribution in [1.82, 2.24) is 0 Å². The summed E-state index contributed by atoms with van der Waals surface area (Å²) < 4.78 is 6.47. The van der Waals surface area contributed by atoms with Gasteiger partial charge in [-0.1, -0.05) is 176 Å². The summed E-state index contributed by atoms with van der Waals surface area (Å²) in [6, 6.07) is 70.5. The second kappa shape index (κ2) is 11.8. The van der Waals surface area contributed by atoms with E-state index in [9.17, 15) is 0 Å². The van der Waals surface area contributed by atoms with Crippen molar-refractivity contribution in [2.45, 2.75) is 0 Å². The van der Waals surface area contributed by atoms with Crippen molar-refractivity contribution >= 4 is 65.0 Å². The molecule has 0 spiro atoms. The highest BCUT2D eigenvalue weighted by Gasteiger charge is 2.18. The third-order valence-corrected chi connectivity index (χ3v) is 11.1. The number of fused-ring (bicyclic) bond motifs is 8. The summed E-state index contributed by atoms with van der Waals surface area (Å²) in [4.78, 5) is 0. The fourth-order valence-corrected chi connectivity index (χ4v) is 8.68. The second-order valence-corrected chi connectivity index (χ2v) is 14.0. The zero-order chi connectivity index (χ0) is 34.9. The van der Waals surface area contributed by atoms with Crippen molar-refractivity contribution in [3.8, 4) is 44.5 Å². The smallest absolute Gasteiger partial charge is 0.143 e. The SMILES string of the molecule is c1cc(-c2c3ccccc3c(-c3ccc(-c4cc5ccccc5c5ccccc45)cc3)c3ccccc23)cc(-c2cccc3c2oc2ccccc23)c1. The molecule has 10 aromatic carbocycles. The van der Waals surface area contributed by atoms with E-state index in [1.807, 2.05) is 12.1 Å². The lowest BCUT2D eigenvalue weighted by Crippen LogP contribution is -1.91. The van der Waals surface area contributed by atoms with E-state index in [4.69, 9.17) is 4.42 Å². The summed E-state index contributed by atoms with van der Waals surface area (Å²) >= 11 is 0. The maximum atomic E-state index is 6.47. The molecule has 0 radical (unpaired) electrons. The molecule has 53 heavy (non-hydrogen) atoms. The van der Waals surface area contributed by atoms with Gasteiger partial charge < -0.3 is 4.42 Å². The van der Waals surface area contributed by atoms with E-state index in [0.29, 0.717) is 0 Å². The summed E-state index contributed by atoms with van der Waals surface area (Å²) in [6.07, 6.45) is 0. The number of rotatable bonds is 4. The molecule has 0 saturated carbocycles. The van der Waals surface area contributed by atoms with Gasteiger partial charge in [-0.05, 0) is 100 Å². The molecule has 1 heteroatoms. The Balaban J connectivity index is 1.08. The van der Waals surface area contributed by atoms with Crippen molar-refractivity contribution in [1.29, 1.82) is 0 Å². The number of hydrogen-bond acceptors (Lipinski definition) is 1. The minimum absolute atomic E-state index is 0.914. The molecule has 0 unspecified atom stereocenters. The number of para-hydroxylation sites is 2. The van der Waals surface area contributed by atoms with Gasteiger partial charge in [0.25, 0.3) is 0 Å². The van der Waals surface area contributed by atoms with Crippen LogP contribution < -0.4 is 0 Å². The van der Waals surface area contributed by atoms with Gasteiger partial charge in [0.1, 0.15) is 11.2 Å². The predicted molar refractivity (Wildman–Crippen MR) is 225 cm³/mol. The van der Waals surface area contributed by atoms with Crippen molar-refractivity contribution in [2.75, 3.05) is 0 Å². The first-order valence-corrected chi connectivity index (χ1v) is 18.3. The first-order chi connectivity index (χ1) is 26.3. The molecule has 1 heterocycles. The van der Waals surface area contributed by atoms with Gasteiger partial charge in [-0.15, -0.1) is 0 Å². The summed E-state index contributed by atoms with van der Waals surface area (Å²) in [7, 11) is 0. The van der Waals surface area contributed by atoms with Gasteiger partial charge in [0, 0.05) is 16.3 Å². The number of benzene rings is 10. The zero-order valence-corrected chi connectivity index (χ0v) is 28.9. The molecule has 0 saturated heterocycles. The van der Waals surface area contributed by atoms with E-state index < -0.39 is 0 Å². The fourth-order valence-electron chi connectivity index (χ4n) is 8.68. The molecule has 11 aromatic rings. The number of furan rings is 1. The first-order valence-electron chi connectivity index (χ1n) is 18.3. The van der Waals surface area contributed by atoms with E-state index in [1.54, 1.807) is 0 Å². The summed E-state index contributed by atoms with van der Waals surface area (Å²) in [5.41, 5.74) is 11.5. The minimum Gasteiger partial charge on any atom is -0.455 e. The molecule has 0 aliphatic rings. The van der Waals surface area contributed by atoms with E-state index in [2.05, 4.69) is 182 Å². The molecule has 11 rings (SSSR count). The van der Waals surface area contributed by atoms with Gasteiger partial charge in [-0.25, -0.2) is 0 Å². The molecule has 0 atom stereocenters. The molecule has 246 valence electrons. The van der Waals surface area contributed by atoms with Gasteiger partial charge in [0.15, 0.2) is 0 Å². The van der Waals surface area contributed by atoms with Crippen molar-refractivity contribution in [3.05, 3.63) is 194 Å². The Morgan fingerprint density at radius 3 is 1.49 bits per heavy atom. The highest BCUT2D eigenvalue weighted by molar-refractivity contribution is 6.22. The van der Waals surface area contributed by atoms with Crippen molar-refractivity contribution in [3.63, 3.8) is 0 Å². The molecule has 0 N–H and O–H groups in total. The lowest BCUT2D eigenvalue weighted by Gasteiger charge is -2.18. The lowest BCUT2D eigenvalue weighted by molar-refractivity contribution is 0.670. The summed E-state index contributed by atoms with van der Waals surface area (Å²) in [5, 5.41) is 12.4. The molecule has 0 aliphatic heterocycles. The molecule has 0 fully saturated rings. The largest absolute Gasteiger partial charge is 0.455 e. The van der Waals surface area contributed by atoms with Crippen LogP contribution in [-0.2, 0) is 0 Å². The first kappa shape index (κ1) is 29.7. The lowest BCUT2D eigenvalue weighted by atomic mass is 9.85. The van der Waals surface area contributed by atoms with Crippen LogP contribution in [0.1, 0.15) is 0 Å². The average Bonchev–Trinajstić information content (AvgIpc) is 3.62. The van der Waals surface area contributed by atoms with Crippen LogP contribution in [0.3, 0.4) is 0 Å². The third-order valence-electron chi connectivity index (χ3n) is 11.1. The molecule has 1 aromatic heterocycles. The zero-order valence-electron chi connectivity index (χ0n) is 28.9. The predicted octanol–water partition coefficient (Wildman–Crippen LogP) is 14.9. The van der Waals surface area contributed by atoms with E-state index in [0.717, 1.165) is 33.1 Å². The Bertz CT molecular complexity index is 3160. The van der Waals surface area contributed by atoms with Crippen LogP contribution >= 0.6 is 0 Å². The normalized spacial score (nSPS) is 11.8. The highest BCUT2D eigenvalue weighted by atomic mass is 16.3. The quantitative estimate of drug-likeness (QED) is 0.134. The van der Waals surface area contributed by atoms with Crippen LogP contribution in [0.2, 0.25) is 0 Å². The van der Waals surface area contributed by atoms with Crippen LogP contribution in [-0.4, -0.2) is 0 Å². The van der Waals surface area contributed by atoms with E-state index in [-0.39, 0.29) is 0 Å². The molecule has 0 amide bonds. The number of hydrogen-bond donors (Lipinski definition) is 0. The molecule has 0 bridgehead atoms. The van der Waals surface area contributed by atoms with Gasteiger partial charge in [-0.3, -0.25) is 0 Å². The monoisotopic (exact) mass is 672 g/mol. The molecule has 1 nitrogen and oxygen atoms in total. The van der Waals surface area contributed by atoms with Crippen molar-refractivity contribution in [2.24, 2.45) is 0 Å². The Morgan fingerprint density at radius 2 is 0.774 bits per heavy atom. The van der Waals surface area contributed by atoms with Crippen LogP contribution in [0.4, 0.5) is 0 Å². The van der Waals surface area contributed by atoms with Crippen LogP contribution in [0.5, 0.6) is 0 Å². The molecular formula is C52H32O. The summed E-state index contributed by atoms with van der Waals surface area (Å²) in [6.45, 7) is 0. The van der Waals surface area contributed by atoms with Crippen LogP contribution in [0.25, 0.3) is 110 Å². The Hall–Kier alpha value is -6.96. The van der Waals surface area contributed by atoms with Gasteiger partial charge in [0.05, 0.1) is 0 Å². The van der Waals surface area contributed by atoms with Gasteiger partial charge in [-0.2, -0.15) is 0 Å². The maximum Gasteiger partial charge on any atom is 0.143 e. The van der Waals surface area contributed by atoms with Crippen molar-refractivity contribution < 1.29 is 4.42 Å². The van der Waals surface area contributed by atoms with Gasteiger partial charge in [0.2, 0.25) is 0 Å². The minimum atomic E-state index is 0.914. The standard InChI is InChI=1S/C52H32O/c1-2-16-38-36(13-1)32-48(41-18-4-3-17-40(38)41)33-27-29-34(30-28-33)50-43-20-5-7-22-45(43)51(46-23-8-6-21-44(46)50)37-15-11-14-35(31-37)39-24-12-25-47-42-19-9-10-26-49(42)53-52(39)47/h1-32H. The third kappa shape index (κ3) is 4.64. The van der Waals surface area contributed by atoms with Gasteiger partial charge >= 0.3 is 0 Å².